The van der Waals surface area contributed by atoms with Crippen molar-refractivity contribution >= 4 is 43.2 Å². The average molecular weight is 1070 g/mol. The minimum absolute atomic E-state index is 0.0631. The number of carbonyl (C=O) groups excluding carboxylic acids is 5. The van der Waals surface area contributed by atoms with Crippen LogP contribution < -0.4 is 15.2 Å². The number of likely N-dealkylation sites (N-methyl/N-ethyl adjacent to an activating group) is 2. The molecule has 418 valence electrons. The molecule has 75 heavy (non-hydrogen) atoms. The van der Waals surface area contributed by atoms with Crippen molar-refractivity contribution in [3.63, 3.8) is 0 Å². The minimum Gasteiger partial charge on any atom is -0.440 e. The number of nitrogens with zero attached hydrogens (tertiary/aromatic N) is 4. The minimum atomic E-state index is -4.22. The summed E-state index contributed by atoms with van der Waals surface area (Å²) in [6.07, 6.45) is 3.80. The molecule has 1 aliphatic rings. The maximum atomic E-state index is 14.7. The first-order valence-corrected chi connectivity index (χ1v) is 27.5. The number of benzene rings is 2. The molecule has 0 radical (unpaired) electrons. The Morgan fingerprint density at radius 3 is 2.05 bits per heavy atom. The van der Waals surface area contributed by atoms with Gasteiger partial charge in [0.25, 0.3) is 0 Å². The van der Waals surface area contributed by atoms with Crippen LogP contribution in [-0.4, -0.2) is 132 Å². The number of hydrogen-bond donors (Lipinski definition) is 3. The fraction of sp³-hybridized carbons (Fsp3) is 0.648. The lowest BCUT2D eigenvalue weighted by molar-refractivity contribution is -0.385. The first-order chi connectivity index (χ1) is 35.3. The zero-order valence-electron chi connectivity index (χ0n) is 46.3. The van der Waals surface area contributed by atoms with Gasteiger partial charge in [0.1, 0.15) is 18.2 Å². The van der Waals surface area contributed by atoms with Crippen LogP contribution in [0.1, 0.15) is 132 Å². The van der Waals surface area contributed by atoms with Gasteiger partial charge in [-0.05, 0) is 68.9 Å². The molecule has 3 N–H and O–H groups in total. The Morgan fingerprint density at radius 2 is 1.52 bits per heavy atom. The summed E-state index contributed by atoms with van der Waals surface area (Å²) in [7, 11) is 0.341. The molecule has 20 nitrogen and oxygen atoms in total. The Bertz CT molecular complexity index is 2300. The molecule has 0 saturated carbocycles. The lowest BCUT2D eigenvalue weighted by Crippen LogP contribution is -2.59. The number of terminal acetylenes is 1. The van der Waals surface area contributed by atoms with Crippen molar-refractivity contribution in [1.29, 1.82) is 0 Å². The molecule has 6 unspecified atom stereocenters. The quantitative estimate of drug-likeness (QED) is 0.0301. The van der Waals surface area contributed by atoms with E-state index in [0.29, 0.717) is 31.4 Å². The van der Waals surface area contributed by atoms with Crippen molar-refractivity contribution in [3.8, 4) is 18.1 Å². The molecule has 11 atom stereocenters. The molecule has 1 heterocycles. The highest BCUT2D eigenvalue weighted by atomic mass is 31.2. The Labute approximate surface area is 444 Å². The van der Waals surface area contributed by atoms with Crippen LogP contribution >= 0.6 is 7.82 Å². The van der Waals surface area contributed by atoms with Gasteiger partial charge in [0.05, 0.1) is 54.8 Å². The molecule has 1 fully saturated rings. The number of amides is 5. The first kappa shape index (κ1) is 63.7. The number of aliphatic hydroxyl groups is 1. The molecule has 0 bridgehead atoms. The van der Waals surface area contributed by atoms with Gasteiger partial charge in [-0.3, -0.25) is 43.2 Å². The van der Waals surface area contributed by atoms with E-state index >= 15 is 0 Å². The maximum absolute atomic E-state index is 14.7. The van der Waals surface area contributed by atoms with Gasteiger partial charge in [0.15, 0.2) is 0 Å². The molecule has 0 aromatic heterocycles. The van der Waals surface area contributed by atoms with Crippen molar-refractivity contribution in [1.82, 2.24) is 25.3 Å². The highest BCUT2D eigenvalue weighted by Gasteiger charge is 2.43. The molecule has 2 aromatic rings. The van der Waals surface area contributed by atoms with Crippen LogP contribution in [0.4, 0.5) is 10.5 Å². The zero-order valence-corrected chi connectivity index (χ0v) is 47.2. The molecule has 5 amide bonds. The van der Waals surface area contributed by atoms with E-state index in [1.54, 1.807) is 84.4 Å². The number of phosphoric ester groups is 1. The smallest absolute Gasteiger partial charge is 0.440 e. The van der Waals surface area contributed by atoms with E-state index in [9.17, 15) is 43.8 Å². The third kappa shape index (κ3) is 17.0. The van der Waals surface area contributed by atoms with E-state index < -0.39 is 96.4 Å². The average Bonchev–Trinajstić information content (AvgIpc) is 3.85. The number of carbonyl (C=O) groups is 5. The number of phosphoric acid groups is 1. The van der Waals surface area contributed by atoms with E-state index in [0.717, 1.165) is 11.0 Å². The monoisotopic (exact) mass is 1070 g/mol. The zero-order chi connectivity index (χ0) is 56.5. The lowest BCUT2D eigenvalue weighted by atomic mass is 9.84. The summed E-state index contributed by atoms with van der Waals surface area (Å²) in [5, 5.41) is 29.0. The van der Waals surface area contributed by atoms with E-state index in [4.69, 9.17) is 29.5 Å². The molecule has 0 aliphatic carbocycles. The van der Waals surface area contributed by atoms with Crippen LogP contribution in [-0.2, 0) is 42.3 Å². The molecule has 0 spiro atoms. The summed E-state index contributed by atoms with van der Waals surface area (Å²) in [5.41, 5.74) is 0.166. The standard InChI is InChI=1S/C54H83N6O14P/c1-16-24-43(40-28-29-44(42(32-40)60(67)68)74-75(69,71-18-3)72-19-4)73-54(66)58(14)47(34(7)8)52(64)56-46(33(5)6)53(65)57(13)48(35(9)17-2)36(10)31-45(61)59-30-23-27-41(59)50(70-15)37(11)51(63)55-38(12)49(62)39-25-21-20-22-26-39/h1,20-22,25-26,28-29,32-38,41,43,46-50,62H,17-19,23-24,27,30-31H2,2-15H3,(H,55,63)(H,56,64)/t35?,36?,37-,38-,41?,43?,46?,47+,48?,49-,50-/m1/s1. The number of nitro groups is 1. The number of methoxy groups -OCH3 is 1. The van der Waals surface area contributed by atoms with E-state index in [-0.39, 0.29) is 67.2 Å². The van der Waals surface area contributed by atoms with Gasteiger partial charge < -0.3 is 39.5 Å². The number of aliphatic hydroxyl groups excluding tert-OH is 1. The predicted molar refractivity (Wildman–Crippen MR) is 284 cm³/mol. The van der Waals surface area contributed by atoms with Crippen LogP contribution in [0.2, 0.25) is 0 Å². The van der Waals surface area contributed by atoms with E-state index in [1.165, 1.54) is 26.3 Å². The molecular formula is C54H83N6O14P. The molecule has 21 heteroatoms. The summed E-state index contributed by atoms with van der Waals surface area (Å²) in [6.45, 7) is 19.9. The summed E-state index contributed by atoms with van der Waals surface area (Å²) in [5.74, 6) is -1.45. The molecule has 2 aromatic carbocycles. The highest BCUT2D eigenvalue weighted by Crippen LogP contribution is 2.51. The van der Waals surface area contributed by atoms with Crippen molar-refractivity contribution in [2.45, 2.75) is 157 Å². The topological polar surface area (TPSA) is 246 Å². The molecule has 1 saturated heterocycles. The second-order valence-electron chi connectivity index (χ2n) is 20.1. The summed E-state index contributed by atoms with van der Waals surface area (Å²) in [6, 6.07) is 9.06. The lowest BCUT2D eigenvalue weighted by Gasteiger charge is -2.41. The normalized spacial score (nSPS) is 17.8. The summed E-state index contributed by atoms with van der Waals surface area (Å²) >= 11 is 0. The summed E-state index contributed by atoms with van der Waals surface area (Å²) < 4.78 is 40.5. The van der Waals surface area contributed by atoms with Gasteiger partial charge in [0.2, 0.25) is 29.4 Å². The molecule has 3 rings (SSSR count). The van der Waals surface area contributed by atoms with Crippen LogP contribution in [0.5, 0.6) is 5.75 Å². The maximum Gasteiger partial charge on any atom is 0.530 e. The number of ether oxygens (including phenoxy) is 2. The SMILES string of the molecule is C#CCC(OC(=O)N(C)[C@H](C(=O)NC(C(=O)N(C)C(C(C)CC)C(C)CC(=O)N1CCCC1[C@H](OC)[C@@H](C)C(=O)N[C@H](C)[C@@H](O)c1ccccc1)C(C)C)C(C)C)c1ccc(OP(=O)(OCC)OCC)c([N+](=O)[O-])c1. The van der Waals surface area contributed by atoms with Crippen molar-refractivity contribution in [2.75, 3.05) is 41.0 Å². The molecule has 1 aliphatic heterocycles. The van der Waals surface area contributed by atoms with Gasteiger partial charge in [0, 0.05) is 51.8 Å². The Kier molecular flexibility index (Phi) is 25.2. The summed E-state index contributed by atoms with van der Waals surface area (Å²) in [4.78, 5) is 86.8. The first-order valence-electron chi connectivity index (χ1n) is 26.0. The van der Waals surface area contributed by atoms with Crippen LogP contribution in [0, 0.1) is 52.0 Å². The van der Waals surface area contributed by atoms with Crippen LogP contribution in [0.3, 0.4) is 0 Å². The third-order valence-corrected chi connectivity index (χ3v) is 15.6. The van der Waals surface area contributed by atoms with Gasteiger partial charge in [-0.15, -0.1) is 12.3 Å². The third-order valence-electron chi connectivity index (χ3n) is 14.0. The van der Waals surface area contributed by atoms with E-state index in [1.807, 2.05) is 39.0 Å². The van der Waals surface area contributed by atoms with Gasteiger partial charge in [-0.2, -0.15) is 0 Å². The number of rotatable bonds is 29. The highest BCUT2D eigenvalue weighted by molar-refractivity contribution is 7.48. The van der Waals surface area contributed by atoms with Crippen molar-refractivity contribution in [2.24, 2.45) is 29.6 Å². The largest absolute Gasteiger partial charge is 0.530 e. The van der Waals surface area contributed by atoms with E-state index in [2.05, 4.69) is 16.6 Å². The second-order valence-corrected chi connectivity index (χ2v) is 21.7. The van der Waals surface area contributed by atoms with Crippen LogP contribution in [0.25, 0.3) is 0 Å². The number of nitrogens with one attached hydrogen (secondary N) is 2. The molecular weight excluding hydrogens is 988 g/mol. The number of hydrogen-bond acceptors (Lipinski definition) is 14. The van der Waals surface area contributed by atoms with Crippen LogP contribution in [0.15, 0.2) is 48.5 Å². The predicted octanol–water partition coefficient (Wildman–Crippen LogP) is 8.23. The Hall–Kier alpha value is -5.58. The van der Waals surface area contributed by atoms with Gasteiger partial charge in [-0.25, -0.2) is 9.36 Å². The fourth-order valence-electron chi connectivity index (χ4n) is 9.92. The second kappa shape index (κ2) is 29.6. The van der Waals surface area contributed by atoms with Crippen molar-refractivity contribution < 1.29 is 61.6 Å². The number of nitro benzene ring substituents is 1. The number of likely N-dealkylation sites (tertiary alicyclic amines) is 1. The Morgan fingerprint density at radius 1 is 0.893 bits per heavy atom. The fourth-order valence-corrected chi connectivity index (χ4v) is 11.1. The van der Waals surface area contributed by atoms with Gasteiger partial charge in [-0.1, -0.05) is 98.2 Å². The van der Waals surface area contributed by atoms with Gasteiger partial charge >= 0.3 is 19.6 Å². The Balaban J connectivity index is 1.80. The van der Waals surface area contributed by atoms with Crippen molar-refractivity contribution in [3.05, 3.63) is 69.8 Å².